The summed E-state index contributed by atoms with van der Waals surface area (Å²) >= 11 is 0. The molecule has 0 amide bonds. The minimum Gasteiger partial charge on any atom is -0.374 e. The number of hydrogen-bond donors (Lipinski definition) is 2. The molecular formula is C15H32N2O. The summed E-state index contributed by atoms with van der Waals surface area (Å²) in [5, 5.41) is 0. The molecule has 2 atom stereocenters. The van der Waals surface area contributed by atoms with E-state index in [4.69, 9.17) is 10.6 Å². The minimum atomic E-state index is -0.132. The first-order valence-electron chi connectivity index (χ1n) is 7.71. The van der Waals surface area contributed by atoms with Gasteiger partial charge in [-0.2, -0.15) is 0 Å². The molecule has 1 saturated carbocycles. The van der Waals surface area contributed by atoms with Gasteiger partial charge in [0.15, 0.2) is 0 Å². The number of nitrogens with two attached hydrogens (primary N) is 1. The third kappa shape index (κ3) is 3.69. The van der Waals surface area contributed by atoms with Gasteiger partial charge in [-0.05, 0) is 44.9 Å². The van der Waals surface area contributed by atoms with Gasteiger partial charge >= 0.3 is 0 Å². The number of rotatable bonds is 7. The molecule has 0 spiro atoms. The normalized spacial score (nSPS) is 29.8. The van der Waals surface area contributed by atoms with Crippen LogP contribution in [0.5, 0.6) is 0 Å². The molecule has 1 aliphatic rings. The zero-order chi connectivity index (χ0) is 13.6. The van der Waals surface area contributed by atoms with Crippen molar-refractivity contribution in [2.24, 2.45) is 17.7 Å². The molecule has 0 radical (unpaired) electrons. The molecule has 0 aromatic rings. The Kier molecular flexibility index (Phi) is 6.61. The molecule has 1 rings (SSSR count). The predicted octanol–water partition coefficient (Wildman–Crippen LogP) is 3.24. The van der Waals surface area contributed by atoms with E-state index in [1.165, 1.54) is 32.1 Å². The van der Waals surface area contributed by atoms with Gasteiger partial charge in [-0.15, -0.1) is 0 Å². The highest BCUT2D eigenvalue weighted by molar-refractivity contribution is 4.93. The van der Waals surface area contributed by atoms with Crippen LogP contribution in [0.3, 0.4) is 0 Å². The summed E-state index contributed by atoms with van der Waals surface area (Å²) in [7, 11) is 0. The van der Waals surface area contributed by atoms with E-state index >= 15 is 0 Å². The molecule has 0 aromatic heterocycles. The summed E-state index contributed by atoms with van der Waals surface area (Å²) < 4.78 is 6.00. The third-order valence-corrected chi connectivity index (χ3v) is 4.95. The Hall–Kier alpha value is -0.120. The number of nitrogens with one attached hydrogen (secondary N) is 1. The maximum absolute atomic E-state index is 6.00. The van der Waals surface area contributed by atoms with Gasteiger partial charge < -0.3 is 4.74 Å². The van der Waals surface area contributed by atoms with Gasteiger partial charge in [0.2, 0.25) is 0 Å². The molecule has 3 N–H and O–H groups in total. The van der Waals surface area contributed by atoms with E-state index in [9.17, 15) is 0 Å². The fourth-order valence-electron chi connectivity index (χ4n) is 3.48. The van der Waals surface area contributed by atoms with Crippen molar-refractivity contribution in [2.45, 2.75) is 77.9 Å². The minimum absolute atomic E-state index is 0.132. The largest absolute Gasteiger partial charge is 0.374 e. The Morgan fingerprint density at radius 1 is 1.22 bits per heavy atom. The lowest BCUT2D eigenvalue weighted by Gasteiger charge is -2.43. The highest BCUT2D eigenvalue weighted by Gasteiger charge is 2.39. The monoisotopic (exact) mass is 256 g/mol. The SMILES string of the molecule is CCOC(C)(CC)C(NN)C1CCC(CC)CC1. The van der Waals surface area contributed by atoms with E-state index in [0.29, 0.717) is 5.92 Å². The molecule has 0 saturated heterocycles. The van der Waals surface area contributed by atoms with Crippen LogP contribution in [-0.2, 0) is 4.74 Å². The van der Waals surface area contributed by atoms with Gasteiger partial charge in [-0.25, -0.2) is 0 Å². The first-order valence-corrected chi connectivity index (χ1v) is 7.71. The van der Waals surface area contributed by atoms with Crippen LogP contribution in [0.15, 0.2) is 0 Å². The predicted molar refractivity (Wildman–Crippen MR) is 77.2 cm³/mol. The summed E-state index contributed by atoms with van der Waals surface area (Å²) in [6, 6.07) is 0.278. The van der Waals surface area contributed by atoms with Crippen molar-refractivity contribution in [2.75, 3.05) is 6.61 Å². The Labute approximate surface area is 113 Å². The van der Waals surface area contributed by atoms with Gasteiger partial charge in [0.1, 0.15) is 0 Å². The van der Waals surface area contributed by atoms with Crippen LogP contribution in [-0.4, -0.2) is 18.2 Å². The molecule has 18 heavy (non-hydrogen) atoms. The van der Waals surface area contributed by atoms with Crippen molar-refractivity contribution in [3.63, 3.8) is 0 Å². The number of hydrogen-bond acceptors (Lipinski definition) is 3. The highest BCUT2D eigenvalue weighted by Crippen LogP contribution is 2.37. The molecule has 2 unspecified atom stereocenters. The lowest BCUT2D eigenvalue weighted by molar-refractivity contribution is -0.0745. The van der Waals surface area contributed by atoms with Crippen LogP contribution in [0.4, 0.5) is 0 Å². The molecule has 0 heterocycles. The van der Waals surface area contributed by atoms with E-state index in [1.54, 1.807) is 0 Å². The zero-order valence-electron chi connectivity index (χ0n) is 12.7. The van der Waals surface area contributed by atoms with Gasteiger partial charge in [0.25, 0.3) is 0 Å². The van der Waals surface area contributed by atoms with Crippen molar-refractivity contribution in [3.05, 3.63) is 0 Å². The fourth-order valence-corrected chi connectivity index (χ4v) is 3.48. The van der Waals surface area contributed by atoms with Crippen LogP contribution >= 0.6 is 0 Å². The van der Waals surface area contributed by atoms with Gasteiger partial charge in [-0.1, -0.05) is 33.1 Å². The van der Waals surface area contributed by atoms with E-state index in [1.807, 2.05) is 0 Å². The standard InChI is InChI=1S/C15H32N2O/c1-5-12-8-10-13(11-9-12)14(17-16)15(4,6-2)18-7-3/h12-14,17H,5-11,16H2,1-4H3. The van der Waals surface area contributed by atoms with E-state index < -0.39 is 0 Å². The van der Waals surface area contributed by atoms with E-state index in [2.05, 4.69) is 33.1 Å². The maximum atomic E-state index is 6.00. The first-order chi connectivity index (χ1) is 8.61. The van der Waals surface area contributed by atoms with Crippen molar-refractivity contribution in [1.82, 2.24) is 5.43 Å². The average molecular weight is 256 g/mol. The topological polar surface area (TPSA) is 47.3 Å². The Morgan fingerprint density at radius 2 is 1.83 bits per heavy atom. The molecule has 3 nitrogen and oxygen atoms in total. The first kappa shape index (κ1) is 15.9. The third-order valence-electron chi connectivity index (χ3n) is 4.95. The van der Waals surface area contributed by atoms with Crippen molar-refractivity contribution >= 4 is 0 Å². The molecular weight excluding hydrogens is 224 g/mol. The summed E-state index contributed by atoms with van der Waals surface area (Å²) in [5.74, 6) is 7.42. The Morgan fingerprint density at radius 3 is 2.22 bits per heavy atom. The Balaban J connectivity index is 2.65. The molecule has 0 bridgehead atoms. The molecule has 1 fully saturated rings. The molecule has 1 aliphatic carbocycles. The van der Waals surface area contributed by atoms with Crippen LogP contribution in [0.2, 0.25) is 0 Å². The van der Waals surface area contributed by atoms with Crippen LogP contribution in [0.1, 0.15) is 66.2 Å². The van der Waals surface area contributed by atoms with Gasteiger partial charge in [0, 0.05) is 6.61 Å². The fraction of sp³-hybridized carbons (Fsp3) is 1.00. The lowest BCUT2D eigenvalue weighted by Crippen LogP contribution is -2.57. The highest BCUT2D eigenvalue weighted by atomic mass is 16.5. The number of hydrazine groups is 1. The summed E-state index contributed by atoms with van der Waals surface area (Å²) in [6.07, 6.45) is 7.61. The second kappa shape index (κ2) is 7.46. The average Bonchev–Trinajstić information content (AvgIpc) is 2.40. The van der Waals surface area contributed by atoms with Crippen LogP contribution in [0.25, 0.3) is 0 Å². The van der Waals surface area contributed by atoms with Gasteiger partial charge in [-0.3, -0.25) is 11.3 Å². The molecule has 108 valence electrons. The van der Waals surface area contributed by atoms with Crippen molar-refractivity contribution in [1.29, 1.82) is 0 Å². The molecule has 3 heteroatoms. The second-order valence-electron chi connectivity index (χ2n) is 5.93. The number of ether oxygens (including phenoxy) is 1. The second-order valence-corrected chi connectivity index (χ2v) is 5.93. The zero-order valence-corrected chi connectivity index (χ0v) is 12.7. The summed E-state index contributed by atoms with van der Waals surface area (Å²) in [4.78, 5) is 0. The summed E-state index contributed by atoms with van der Waals surface area (Å²) in [6.45, 7) is 9.52. The molecule has 0 aromatic carbocycles. The summed E-state index contributed by atoms with van der Waals surface area (Å²) in [5.41, 5.74) is 2.92. The van der Waals surface area contributed by atoms with E-state index in [0.717, 1.165) is 18.9 Å². The Bertz CT molecular complexity index is 227. The quantitative estimate of drug-likeness (QED) is 0.543. The van der Waals surface area contributed by atoms with Crippen LogP contribution in [0, 0.1) is 11.8 Å². The molecule has 0 aliphatic heterocycles. The lowest BCUT2D eigenvalue weighted by atomic mass is 9.73. The van der Waals surface area contributed by atoms with Gasteiger partial charge in [0.05, 0.1) is 11.6 Å². The van der Waals surface area contributed by atoms with Crippen LogP contribution < -0.4 is 11.3 Å². The van der Waals surface area contributed by atoms with Crippen molar-refractivity contribution in [3.8, 4) is 0 Å². The van der Waals surface area contributed by atoms with E-state index in [-0.39, 0.29) is 11.6 Å². The maximum Gasteiger partial charge on any atom is 0.0820 e. The van der Waals surface area contributed by atoms with Crippen molar-refractivity contribution < 1.29 is 4.74 Å². The smallest absolute Gasteiger partial charge is 0.0820 e.